The zero-order valence-corrected chi connectivity index (χ0v) is 12.6. The molecule has 106 valence electrons. The van der Waals surface area contributed by atoms with Gasteiger partial charge in [-0.15, -0.1) is 0 Å². The van der Waals surface area contributed by atoms with Gasteiger partial charge in [0.2, 0.25) is 0 Å². The Bertz CT molecular complexity index is 552. The molecule has 1 aromatic carbocycles. The van der Waals surface area contributed by atoms with Crippen LogP contribution in [0.15, 0.2) is 24.3 Å². The molecule has 1 aliphatic rings. The van der Waals surface area contributed by atoms with Gasteiger partial charge in [0.15, 0.2) is 0 Å². The van der Waals surface area contributed by atoms with E-state index in [0.29, 0.717) is 6.42 Å². The molecular formula is C15H22O3S. The Morgan fingerprint density at radius 3 is 2.16 bits per heavy atom. The van der Waals surface area contributed by atoms with Gasteiger partial charge >= 0.3 is 0 Å². The predicted molar refractivity (Wildman–Crippen MR) is 77.1 cm³/mol. The molecule has 0 bridgehead atoms. The van der Waals surface area contributed by atoms with E-state index in [9.17, 15) is 13.5 Å². The molecule has 19 heavy (non-hydrogen) atoms. The first kappa shape index (κ1) is 14.5. The van der Waals surface area contributed by atoms with E-state index in [0.717, 1.165) is 24.0 Å². The molecule has 0 amide bonds. The van der Waals surface area contributed by atoms with Gasteiger partial charge in [0.25, 0.3) is 0 Å². The van der Waals surface area contributed by atoms with Crippen molar-refractivity contribution in [3.63, 3.8) is 0 Å². The van der Waals surface area contributed by atoms with Gasteiger partial charge in [-0.3, -0.25) is 0 Å². The van der Waals surface area contributed by atoms with Crippen LogP contribution in [0.2, 0.25) is 0 Å². The maximum absolute atomic E-state index is 11.4. The van der Waals surface area contributed by atoms with Crippen LogP contribution in [0.4, 0.5) is 0 Å². The van der Waals surface area contributed by atoms with Crippen molar-refractivity contribution in [2.75, 3.05) is 12.0 Å². The maximum Gasteiger partial charge on any atom is 0.148 e. The maximum atomic E-state index is 11.4. The standard InChI is InChI=1S/C15H22O3S/c1-14(2,11-19(3,17)18)13-6-4-12(5-7-13)10-15(16)8-9-15/h4-7,16H,8-11H2,1-3H3. The van der Waals surface area contributed by atoms with Crippen LogP contribution in [-0.4, -0.2) is 31.1 Å². The molecule has 0 aliphatic heterocycles. The van der Waals surface area contributed by atoms with Crippen LogP contribution in [0, 0.1) is 0 Å². The van der Waals surface area contributed by atoms with Crippen LogP contribution in [0.25, 0.3) is 0 Å². The number of sulfone groups is 1. The normalized spacial score (nSPS) is 18.3. The Kier molecular flexibility index (Phi) is 3.52. The Hall–Kier alpha value is -0.870. The zero-order chi connectivity index (χ0) is 14.3. The van der Waals surface area contributed by atoms with Crippen LogP contribution >= 0.6 is 0 Å². The van der Waals surface area contributed by atoms with Gasteiger partial charge in [-0.2, -0.15) is 0 Å². The molecule has 3 nitrogen and oxygen atoms in total. The quantitative estimate of drug-likeness (QED) is 0.899. The summed E-state index contributed by atoms with van der Waals surface area (Å²) >= 11 is 0. The Labute approximate surface area is 115 Å². The van der Waals surface area contributed by atoms with Gasteiger partial charge in [0.05, 0.1) is 11.4 Å². The molecule has 0 atom stereocenters. The minimum absolute atomic E-state index is 0.142. The van der Waals surface area contributed by atoms with E-state index in [1.807, 2.05) is 38.1 Å². The Morgan fingerprint density at radius 2 is 1.74 bits per heavy atom. The van der Waals surface area contributed by atoms with Gasteiger partial charge in [0, 0.05) is 18.1 Å². The number of hydrogen-bond donors (Lipinski definition) is 1. The molecule has 2 rings (SSSR count). The summed E-state index contributed by atoms with van der Waals surface area (Å²) in [6.07, 6.45) is 3.73. The second-order valence-corrected chi connectivity index (χ2v) is 8.69. The van der Waals surface area contributed by atoms with Crippen LogP contribution in [-0.2, 0) is 21.7 Å². The summed E-state index contributed by atoms with van der Waals surface area (Å²) < 4.78 is 22.9. The fourth-order valence-electron chi connectivity index (χ4n) is 2.51. The van der Waals surface area contributed by atoms with Crippen molar-refractivity contribution in [2.45, 2.75) is 44.1 Å². The third-order valence-corrected chi connectivity index (χ3v) is 4.96. The first-order chi connectivity index (χ1) is 8.60. The lowest BCUT2D eigenvalue weighted by Crippen LogP contribution is -2.27. The van der Waals surface area contributed by atoms with Crippen LogP contribution in [0.3, 0.4) is 0 Å². The fraction of sp³-hybridized carbons (Fsp3) is 0.600. The van der Waals surface area contributed by atoms with Crippen molar-refractivity contribution >= 4 is 9.84 Å². The highest BCUT2D eigenvalue weighted by atomic mass is 32.2. The lowest BCUT2D eigenvalue weighted by atomic mass is 9.86. The van der Waals surface area contributed by atoms with Gasteiger partial charge in [-0.25, -0.2) is 8.42 Å². The third-order valence-electron chi connectivity index (χ3n) is 3.72. The van der Waals surface area contributed by atoms with Gasteiger partial charge < -0.3 is 5.11 Å². The summed E-state index contributed by atoms with van der Waals surface area (Å²) in [6.45, 7) is 3.88. The van der Waals surface area contributed by atoms with Crippen molar-refractivity contribution in [3.8, 4) is 0 Å². The van der Waals surface area contributed by atoms with Crippen LogP contribution in [0.1, 0.15) is 37.8 Å². The van der Waals surface area contributed by atoms with E-state index >= 15 is 0 Å². The second-order valence-electron chi connectivity index (χ2n) is 6.55. The van der Waals surface area contributed by atoms with E-state index in [4.69, 9.17) is 0 Å². The average Bonchev–Trinajstić information content (AvgIpc) is 2.93. The first-order valence-corrected chi connectivity index (χ1v) is 8.65. The van der Waals surface area contributed by atoms with E-state index in [1.54, 1.807) is 0 Å². The largest absolute Gasteiger partial charge is 0.390 e. The number of aliphatic hydroxyl groups is 1. The summed E-state index contributed by atoms with van der Waals surface area (Å²) in [4.78, 5) is 0. The first-order valence-electron chi connectivity index (χ1n) is 6.59. The van der Waals surface area contributed by atoms with E-state index in [1.165, 1.54) is 6.26 Å². The van der Waals surface area contributed by atoms with Crippen molar-refractivity contribution < 1.29 is 13.5 Å². The zero-order valence-electron chi connectivity index (χ0n) is 11.8. The number of benzene rings is 1. The summed E-state index contributed by atoms with van der Waals surface area (Å²) in [6, 6.07) is 7.95. The number of rotatable bonds is 5. The Morgan fingerprint density at radius 1 is 1.21 bits per heavy atom. The molecule has 1 fully saturated rings. The molecule has 1 N–H and O–H groups in total. The van der Waals surface area contributed by atoms with Gasteiger partial charge in [-0.1, -0.05) is 38.1 Å². The SMILES string of the molecule is CC(C)(CS(C)(=O)=O)c1ccc(CC2(O)CC2)cc1. The lowest BCUT2D eigenvalue weighted by Gasteiger charge is -2.24. The molecule has 0 spiro atoms. The molecule has 1 aromatic rings. The average molecular weight is 282 g/mol. The summed E-state index contributed by atoms with van der Waals surface area (Å²) in [5.74, 6) is 0.142. The van der Waals surface area contributed by atoms with Crippen LogP contribution in [0.5, 0.6) is 0 Å². The Balaban J connectivity index is 2.13. The second kappa shape index (κ2) is 4.60. The monoisotopic (exact) mass is 282 g/mol. The summed E-state index contributed by atoms with van der Waals surface area (Å²) in [5, 5.41) is 9.88. The summed E-state index contributed by atoms with van der Waals surface area (Å²) in [5.41, 5.74) is 1.26. The topological polar surface area (TPSA) is 54.4 Å². The van der Waals surface area contributed by atoms with Gasteiger partial charge in [-0.05, 0) is 24.0 Å². The lowest BCUT2D eigenvalue weighted by molar-refractivity contribution is 0.151. The van der Waals surface area contributed by atoms with Crippen molar-refractivity contribution in [1.82, 2.24) is 0 Å². The van der Waals surface area contributed by atoms with Crippen molar-refractivity contribution in [3.05, 3.63) is 35.4 Å². The fourth-order valence-corrected chi connectivity index (χ4v) is 3.99. The van der Waals surface area contributed by atoms with E-state index in [2.05, 4.69) is 0 Å². The highest BCUT2D eigenvalue weighted by Gasteiger charge is 2.40. The molecule has 0 aromatic heterocycles. The third kappa shape index (κ3) is 4.05. The smallest absolute Gasteiger partial charge is 0.148 e. The van der Waals surface area contributed by atoms with Crippen molar-refractivity contribution in [1.29, 1.82) is 0 Å². The number of hydrogen-bond acceptors (Lipinski definition) is 3. The highest BCUT2D eigenvalue weighted by Crippen LogP contribution is 2.38. The molecule has 1 saturated carbocycles. The van der Waals surface area contributed by atoms with Crippen LogP contribution < -0.4 is 0 Å². The highest BCUT2D eigenvalue weighted by molar-refractivity contribution is 7.90. The molecule has 0 unspecified atom stereocenters. The van der Waals surface area contributed by atoms with Gasteiger partial charge in [0.1, 0.15) is 9.84 Å². The van der Waals surface area contributed by atoms with E-state index in [-0.39, 0.29) is 11.2 Å². The molecule has 0 saturated heterocycles. The van der Waals surface area contributed by atoms with E-state index < -0.39 is 15.4 Å². The minimum Gasteiger partial charge on any atom is -0.390 e. The predicted octanol–water partition coefficient (Wildman–Crippen LogP) is 2.08. The molecular weight excluding hydrogens is 260 g/mol. The molecule has 4 heteroatoms. The molecule has 1 aliphatic carbocycles. The van der Waals surface area contributed by atoms with Crippen molar-refractivity contribution in [2.24, 2.45) is 0 Å². The molecule has 0 radical (unpaired) electrons. The molecule has 0 heterocycles. The summed E-state index contributed by atoms with van der Waals surface area (Å²) in [7, 11) is -3.00. The minimum atomic E-state index is -3.00.